The lowest BCUT2D eigenvalue weighted by Gasteiger charge is -2.35. The summed E-state index contributed by atoms with van der Waals surface area (Å²) in [5.41, 5.74) is 0.602. The zero-order valence-corrected chi connectivity index (χ0v) is 13.5. The smallest absolute Gasteiger partial charge is 0.325 e. The van der Waals surface area contributed by atoms with Crippen molar-refractivity contribution in [3.63, 3.8) is 0 Å². The first-order valence-electron chi connectivity index (χ1n) is 7.38. The summed E-state index contributed by atoms with van der Waals surface area (Å²) in [6.45, 7) is 0.0248. The van der Waals surface area contributed by atoms with Gasteiger partial charge in [-0.25, -0.2) is 4.79 Å². The van der Waals surface area contributed by atoms with Gasteiger partial charge >= 0.3 is 6.03 Å². The van der Waals surface area contributed by atoms with Crippen molar-refractivity contribution in [3.05, 3.63) is 29.3 Å². The van der Waals surface area contributed by atoms with Crippen molar-refractivity contribution in [3.8, 4) is 0 Å². The zero-order valence-electron chi connectivity index (χ0n) is 12.7. The summed E-state index contributed by atoms with van der Waals surface area (Å²) >= 11 is 6.10. The molecular weight excluding hydrogens is 336 g/mol. The van der Waals surface area contributed by atoms with Gasteiger partial charge in [-0.05, 0) is 12.1 Å². The SMILES string of the molecule is O=C(CN1C(=O)CNC1=O)N1CCN(c2ccccc2Cl)C(=O)C1. The predicted octanol–water partition coefficient (Wildman–Crippen LogP) is 0.0670. The molecule has 126 valence electrons. The number of urea groups is 1. The van der Waals surface area contributed by atoms with Gasteiger partial charge < -0.3 is 15.1 Å². The van der Waals surface area contributed by atoms with E-state index in [2.05, 4.69) is 5.32 Å². The Balaban J connectivity index is 1.64. The van der Waals surface area contributed by atoms with Gasteiger partial charge in [-0.1, -0.05) is 23.7 Å². The molecule has 8 nitrogen and oxygen atoms in total. The fourth-order valence-corrected chi connectivity index (χ4v) is 2.90. The van der Waals surface area contributed by atoms with Gasteiger partial charge in [-0.15, -0.1) is 0 Å². The maximum Gasteiger partial charge on any atom is 0.325 e. The Hall–Kier alpha value is -2.61. The van der Waals surface area contributed by atoms with E-state index in [-0.39, 0.29) is 25.5 Å². The number of imide groups is 1. The summed E-state index contributed by atoms with van der Waals surface area (Å²) in [5.74, 6) is -1.15. The number of rotatable bonds is 3. The van der Waals surface area contributed by atoms with Crippen molar-refractivity contribution in [1.29, 1.82) is 0 Å². The number of anilines is 1. The van der Waals surface area contributed by atoms with Crippen LogP contribution in [0.3, 0.4) is 0 Å². The summed E-state index contributed by atoms with van der Waals surface area (Å²) < 4.78 is 0. The van der Waals surface area contributed by atoms with E-state index in [1.807, 2.05) is 0 Å². The number of para-hydroxylation sites is 1. The molecule has 0 spiro atoms. The summed E-state index contributed by atoms with van der Waals surface area (Å²) in [6, 6.07) is 6.40. The van der Waals surface area contributed by atoms with Crippen LogP contribution in [0.1, 0.15) is 0 Å². The van der Waals surface area contributed by atoms with Gasteiger partial charge in [0.1, 0.15) is 13.1 Å². The Kier molecular flexibility index (Phi) is 4.39. The molecular formula is C15H15ClN4O4. The molecule has 0 radical (unpaired) electrons. The molecule has 0 unspecified atom stereocenters. The topological polar surface area (TPSA) is 90.0 Å². The summed E-state index contributed by atoms with van der Waals surface area (Å²) in [7, 11) is 0. The van der Waals surface area contributed by atoms with Crippen LogP contribution in [-0.2, 0) is 14.4 Å². The number of carbonyl (C=O) groups is 4. The first kappa shape index (κ1) is 16.3. The summed E-state index contributed by atoms with van der Waals surface area (Å²) in [6.07, 6.45) is 0. The van der Waals surface area contributed by atoms with Crippen LogP contribution in [0, 0.1) is 0 Å². The second-order valence-electron chi connectivity index (χ2n) is 5.45. The number of nitrogens with one attached hydrogen (secondary N) is 1. The molecule has 9 heteroatoms. The van der Waals surface area contributed by atoms with Crippen molar-refractivity contribution >= 4 is 41.0 Å². The minimum absolute atomic E-state index is 0.106. The molecule has 0 saturated carbocycles. The lowest BCUT2D eigenvalue weighted by molar-refractivity contribution is -0.139. The van der Waals surface area contributed by atoms with E-state index in [0.717, 1.165) is 4.90 Å². The van der Waals surface area contributed by atoms with Crippen LogP contribution in [0.5, 0.6) is 0 Å². The van der Waals surface area contributed by atoms with Crippen molar-refractivity contribution in [2.75, 3.05) is 37.6 Å². The number of hydrogen-bond acceptors (Lipinski definition) is 4. The average molecular weight is 351 g/mol. The molecule has 1 aromatic rings. The fraction of sp³-hybridized carbons (Fsp3) is 0.333. The highest BCUT2D eigenvalue weighted by atomic mass is 35.5. The second-order valence-corrected chi connectivity index (χ2v) is 5.86. The Bertz CT molecular complexity index is 707. The normalized spacial score (nSPS) is 18.2. The summed E-state index contributed by atoms with van der Waals surface area (Å²) in [5, 5.41) is 2.81. The van der Waals surface area contributed by atoms with E-state index >= 15 is 0 Å². The highest BCUT2D eigenvalue weighted by molar-refractivity contribution is 6.33. The monoisotopic (exact) mass is 350 g/mol. The van der Waals surface area contributed by atoms with Crippen molar-refractivity contribution in [2.45, 2.75) is 0 Å². The Labute approximate surface area is 142 Å². The Morgan fingerprint density at radius 1 is 1.12 bits per heavy atom. The number of carbonyl (C=O) groups excluding carboxylic acids is 4. The van der Waals surface area contributed by atoms with Crippen LogP contribution in [0.15, 0.2) is 24.3 Å². The van der Waals surface area contributed by atoms with Crippen molar-refractivity contribution in [2.24, 2.45) is 0 Å². The molecule has 0 aromatic heterocycles. The van der Waals surface area contributed by atoms with E-state index in [4.69, 9.17) is 11.6 Å². The van der Waals surface area contributed by atoms with Gasteiger partial charge in [0.05, 0.1) is 17.3 Å². The quantitative estimate of drug-likeness (QED) is 0.781. The summed E-state index contributed by atoms with van der Waals surface area (Å²) in [4.78, 5) is 51.3. The third-order valence-corrected chi connectivity index (χ3v) is 4.27. The standard InChI is InChI=1S/C15H15ClN4O4/c16-10-3-1-2-4-11(10)19-6-5-18(8-14(19)23)13(22)9-20-12(21)7-17-15(20)24/h1-4H,5-9H2,(H,17,24). The van der Waals surface area contributed by atoms with Gasteiger partial charge in [0.25, 0.3) is 5.91 Å². The number of piperazine rings is 1. The van der Waals surface area contributed by atoms with Gasteiger partial charge in [-0.3, -0.25) is 19.3 Å². The number of benzene rings is 1. The van der Waals surface area contributed by atoms with Crippen molar-refractivity contribution < 1.29 is 19.2 Å². The molecule has 5 amide bonds. The molecule has 0 aliphatic carbocycles. The van der Waals surface area contributed by atoms with Crippen LogP contribution in [0.2, 0.25) is 5.02 Å². The minimum atomic E-state index is -0.589. The highest BCUT2D eigenvalue weighted by Crippen LogP contribution is 2.26. The van der Waals surface area contributed by atoms with Gasteiger partial charge in [-0.2, -0.15) is 0 Å². The maximum atomic E-state index is 12.3. The lowest BCUT2D eigenvalue weighted by atomic mass is 10.2. The molecule has 2 fully saturated rings. The highest BCUT2D eigenvalue weighted by Gasteiger charge is 2.34. The molecule has 1 N–H and O–H groups in total. The molecule has 2 saturated heterocycles. The first-order chi connectivity index (χ1) is 11.5. The molecule has 3 rings (SSSR count). The largest absolute Gasteiger partial charge is 0.330 e. The molecule has 1 aromatic carbocycles. The molecule has 0 atom stereocenters. The minimum Gasteiger partial charge on any atom is -0.330 e. The zero-order chi connectivity index (χ0) is 17.3. The van der Waals surface area contributed by atoms with Gasteiger partial charge in [0.15, 0.2) is 0 Å². The number of hydrogen-bond donors (Lipinski definition) is 1. The van der Waals surface area contributed by atoms with E-state index < -0.39 is 17.8 Å². The van der Waals surface area contributed by atoms with E-state index in [1.165, 1.54) is 9.80 Å². The van der Waals surface area contributed by atoms with E-state index in [0.29, 0.717) is 23.8 Å². The van der Waals surface area contributed by atoms with Gasteiger partial charge in [0, 0.05) is 13.1 Å². The first-order valence-corrected chi connectivity index (χ1v) is 7.76. The Morgan fingerprint density at radius 3 is 2.50 bits per heavy atom. The number of nitrogens with zero attached hydrogens (tertiary/aromatic N) is 3. The Morgan fingerprint density at radius 2 is 1.88 bits per heavy atom. The van der Waals surface area contributed by atoms with Crippen molar-refractivity contribution in [1.82, 2.24) is 15.1 Å². The van der Waals surface area contributed by atoms with Crippen LogP contribution in [0.25, 0.3) is 0 Å². The number of amides is 5. The molecule has 2 aliphatic rings. The van der Waals surface area contributed by atoms with Crippen LogP contribution in [0.4, 0.5) is 10.5 Å². The van der Waals surface area contributed by atoms with Crippen LogP contribution < -0.4 is 10.2 Å². The maximum absolute atomic E-state index is 12.3. The van der Waals surface area contributed by atoms with Crippen LogP contribution >= 0.6 is 11.6 Å². The average Bonchev–Trinajstić information content (AvgIpc) is 2.87. The van der Waals surface area contributed by atoms with Crippen LogP contribution in [-0.4, -0.2) is 66.3 Å². The molecule has 2 heterocycles. The third kappa shape index (κ3) is 3.05. The predicted molar refractivity (Wildman–Crippen MR) is 85.5 cm³/mol. The molecule has 0 bridgehead atoms. The number of halogens is 1. The second kappa shape index (κ2) is 6.48. The van der Waals surface area contributed by atoms with Gasteiger partial charge in [0.2, 0.25) is 11.8 Å². The third-order valence-electron chi connectivity index (χ3n) is 3.95. The molecule has 2 aliphatic heterocycles. The van der Waals surface area contributed by atoms with E-state index in [1.54, 1.807) is 24.3 Å². The lowest BCUT2D eigenvalue weighted by Crippen LogP contribution is -2.54. The molecule has 24 heavy (non-hydrogen) atoms. The van der Waals surface area contributed by atoms with E-state index in [9.17, 15) is 19.2 Å². The fourth-order valence-electron chi connectivity index (χ4n) is 2.66.